The summed E-state index contributed by atoms with van der Waals surface area (Å²) in [5, 5.41) is 20.5. The van der Waals surface area contributed by atoms with E-state index in [0.717, 1.165) is 13.2 Å². The van der Waals surface area contributed by atoms with Gasteiger partial charge in [-0.05, 0) is 23.6 Å². The molecule has 0 bridgehead atoms. The van der Waals surface area contributed by atoms with Gasteiger partial charge in [0.1, 0.15) is 0 Å². The van der Waals surface area contributed by atoms with E-state index < -0.39 is 0 Å². The molecule has 1 fully saturated rings. The van der Waals surface area contributed by atoms with Gasteiger partial charge in [0.2, 0.25) is 0 Å². The maximum absolute atomic E-state index is 9.73. The molecule has 1 aliphatic heterocycles. The van der Waals surface area contributed by atoms with Crippen LogP contribution in [-0.4, -0.2) is 85.4 Å². The van der Waals surface area contributed by atoms with Gasteiger partial charge in [-0.25, -0.2) is 0 Å². The summed E-state index contributed by atoms with van der Waals surface area (Å²) in [6.07, 6.45) is 2.56. The van der Waals surface area contributed by atoms with Crippen LogP contribution in [0.5, 0.6) is 0 Å². The summed E-state index contributed by atoms with van der Waals surface area (Å²) in [5.41, 5.74) is 0. The van der Waals surface area contributed by atoms with Crippen molar-refractivity contribution in [1.82, 2.24) is 0 Å². The van der Waals surface area contributed by atoms with Crippen molar-refractivity contribution in [2.24, 2.45) is 0 Å². The fourth-order valence-electron chi connectivity index (χ4n) is 2.26. The van der Waals surface area contributed by atoms with Crippen LogP contribution in [0.2, 0.25) is 0 Å². The van der Waals surface area contributed by atoms with Gasteiger partial charge < -0.3 is 33.9 Å². The predicted octanol–water partition coefficient (Wildman–Crippen LogP) is -3.70. The number of benzene rings is 2. The normalized spacial score (nSPS) is 11.4. The molecule has 1 heterocycles. The van der Waals surface area contributed by atoms with Gasteiger partial charge in [0.15, 0.2) is 0 Å². The van der Waals surface area contributed by atoms with Crippen LogP contribution in [0.3, 0.4) is 0 Å². The Morgan fingerprint density at radius 1 is 0.727 bits per heavy atom. The Bertz CT molecular complexity index is 505. The van der Waals surface area contributed by atoms with E-state index in [2.05, 4.69) is 58.0 Å². The fraction of sp³-hybridized carbons (Fsp3) is 0.583. The van der Waals surface area contributed by atoms with Crippen molar-refractivity contribution >= 4 is 10.8 Å². The number of aliphatic hydroxyl groups excluding tert-OH is 1. The molecule has 2 aromatic rings. The maximum atomic E-state index is 9.73. The summed E-state index contributed by atoms with van der Waals surface area (Å²) in [6.45, 7) is 4.88. The zero-order valence-corrected chi connectivity index (χ0v) is 27.2. The third-order valence-electron chi connectivity index (χ3n) is 3.81. The second kappa shape index (κ2) is 33.7. The van der Waals surface area contributed by atoms with Gasteiger partial charge in [-0.15, -0.1) is 6.61 Å². The molecule has 0 saturated carbocycles. The molecule has 3 rings (SSSR count). The molecule has 1 N–H and O–H groups in total. The van der Waals surface area contributed by atoms with Crippen LogP contribution in [0.25, 0.3) is 10.8 Å². The molecule has 0 spiro atoms. The number of methoxy groups -OCH3 is 2. The average molecular weight is 518 g/mol. The minimum absolute atomic E-state index is 0. The molecule has 33 heavy (non-hydrogen) atoms. The molecule has 0 amide bonds. The molecule has 9 heteroatoms. The summed E-state index contributed by atoms with van der Waals surface area (Å²) in [6, 6.07) is 16.7. The molecule has 0 atom stereocenters. The zero-order chi connectivity index (χ0) is 22.8. The van der Waals surface area contributed by atoms with E-state index in [1.165, 1.54) is 23.6 Å². The first-order valence-electron chi connectivity index (χ1n) is 10.6. The number of aliphatic hydroxyl groups is 1. The average Bonchev–Trinajstić information content (AvgIpc) is 3.41. The van der Waals surface area contributed by atoms with E-state index in [1.54, 1.807) is 14.2 Å². The van der Waals surface area contributed by atoms with Crippen molar-refractivity contribution in [2.45, 2.75) is 12.8 Å². The summed E-state index contributed by atoms with van der Waals surface area (Å²) >= 11 is 0. The van der Waals surface area contributed by atoms with Gasteiger partial charge in [0.25, 0.3) is 0 Å². The van der Waals surface area contributed by atoms with Crippen LogP contribution in [0.15, 0.2) is 48.5 Å². The molecular weight excluding hydrogens is 478 g/mol. The van der Waals surface area contributed by atoms with Crippen LogP contribution in [0, 0.1) is 0 Å². The molecule has 178 valence electrons. The molecule has 0 unspecified atom stereocenters. The van der Waals surface area contributed by atoms with Crippen LogP contribution < -0.4 is 108 Å². The third kappa shape index (κ3) is 28.1. The molecule has 2 aromatic carbocycles. The van der Waals surface area contributed by atoms with Crippen molar-refractivity contribution in [3.05, 3.63) is 48.5 Å². The number of hydrogen-bond donors (Lipinski definition) is 1. The minimum Gasteiger partial charge on any atom is -0.853 e. The number of rotatable bonds is 10. The van der Waals surface area contributed by atoms with E-state index in [4.69, 9.17) is 19.3 Å². The minimum atomic E-state index is -0.163. The van der Waals surface area contributed by atoms with Crippen LogP contribution in [0.1, 0.15) is 12.8 Å². The first kappa shape index (κ1) is 39.2. The monoisotopic (exact) mass is 517 g/mol. The Morgan fingerprint density at radius 2 is 1.15 bits per heavy atom. The van der Waals surface area contributed by atoms with Gasteiger partial charge in [0, 0.05) is 34.0 Å². The van der Waals surface area contributed by atoms with Gasteiger partial charge in [0.05, 0.1) is 39.6 Å². The van der Waals surface area contributed by atoms with Crippen molar-refractivity contribution < 1.29 is 137 Å². The van der Waals surface area contributed by atoms with E-state index in [9.17, 15) is 5.11 Å². The Hall–Kier alpha value is 1.69. The van der Waals surface area contributed by atoms with Crippen LogP contribution >= 0.6 is 0 Å². The SMILES string of the molecule is C1CCOC1.COCCOCCO.COCCOCC[O-].[K+].[K+].c1ccc2ccccc2c1. The summed E-state index contributed by atoms with van der Waals surface area (Å²) in [7, 11) is 3.21. The van der Waals surface area contributed by atoms with Gasteiger partial charge >= 0.3 is 103 Å². The molecule has 1 aliphatic rings. The standard InChI is InChI=1S/C10H8.C5H12O3.C5H11O3.C4H8O.2K/c1-2-6-10-8-4-3-7-9(10)5-1;2*1-7-4-5-8-3-2-6;1-2-4-5-3-1;;/h1-8H;6H,2-5H2,1H3;2-5H2,1H3;1-4H2;;/q;;-1;;2*+1. The van der Waals surface area contributed by atoms with Gasteiger partial charge in [-0.1, -0.05) is 48.5 Å². The molecule has 7 nitrogen and oxygen atoms in total. The van der Waals surface area contributed by atoms with E-state index in [-0.39, 0.29) is 116 Å². The molecular formula is C24H39K2O7+. The molecule has 1 saturated heterocycles. The Balaban J connectivity index is -0.000000365. The van der Waals surface area contributed by atoms with E-state index in [0.29, 0.717) is 39.6 Å². The topological polar surface area (TPSA) is 89.4 Å². The second-order valence-corrected chi connectivity index (χ2v) is 6.30. The molecule has 0 aliphatic carbocycles. The fourth-order valence-corrected chi connectivity index (χ4v) is 2.26. The number of fused-ring (bicyclic) bond motifs is 1. The largest absolute Gasteiger partial charge is 1.00 e. The van der Waals surface area contributed by atoms with Crippen molar-refractivity contribution in [1.29, 1.82) is 0 Å². The zero-order valence-electron chi connectivity index (χ0n) is 21.0. The summed E-state index contributed by atoms with van der Waals surface area (Å²) in [4.78, 5) is 0. The Kier molecular flexibility index (Phi) is 40.0. The van der Waals surface area contributed by atoms with E-state index in [1.807, 2.05) is 0 Å². The number of ether oxygens (including phenoxy) is 5. The summed E-state index contributed by atoms with van der Waals surface area (Å²) < 4.78 is 23.9. The smallest absolute Gasteiger partial charge is 0.853 e. The molecule has 0 aromatic heterocycles. The Labute approximate surface area is 284 Å². The third-order valence-corrected chi connectivity index (χ3v) is 3.81. The van der Waals surface area contributed by atoms with Crippen molar-refractivity contribution in [3.63, 3.8) is 0 Å². The van der Waals surface area contributed by atoms with Crippen LogP contribution in [0.4, 0.5) is 0 Å². The first-order chi connectivity index (χ1) is 15.3. The Morgan fingerprint density at radius 3 is 1.45 bits per heavy atom. The maximum Gasteiger partial charge on any atom is 1.00 e. The second-order valence-electron chi connectivity index (χ2n) is 6.30. The predicted molar refractivity (Wildman–Crippen MR) is 121 cm³/mol. The van der Waals surface area contributed by atoms with Crippen LogP contribution in [-0.2, 0) is 23.7 Å². The van der Waals surface area contributed by atoms with Crippen molar-refractivity contribution in [2.75, 3.05) is 80.3 Å². The number of hydrogen-bond acceptors (Lipinski definition) is 7. The quantitative estimate of drug-likeness (QED) is 0.256. The van der Waals surface area contributed by atoms with Crippen molar-refractivity contribution in [3.8, 4) is 0 Å². The van der Waals surface area contributed by atoms with Gasteiger partial charge in [-0.2, -0.15) is 0 Å². The molecule has 0 radical (unpaired) electrons. The summed E-state index contributed by atoms with van der Waals surface area (Å²) in [5.74, 6) is 0. The first-order valence-corrected chi connectivity index (χ1v) is 10.6. The van der Waals surface area contributed by atoms with E-state index >= 15 is 0 Å². The van der Waals surface area contributed by atoms with Gasteiger partial charge in [-0.3, -0.25) is 0 Å².